The van der Waals surface area contributed by atoms with Gasteiger partial charge in [-0.2, -0.15) is 0 Å². The molecular weight excluding hydrogens is 677 g/mol. The lowest BCUT2D eigenvalue weighted by molar-refractivity contribution is 0.681. The molecule has 0 fully saturated rings. The van der Waals surface area contributed by atoms with E-state index in [4.69, 9.17) is 0 Å². The maximum Gasteiger partial charge on any atom is 0.0626 e. The minimum Gasteiger partial charge on any atom is -0.337 e. The van der Waals surface area contributed by atoms with Crippen LogP contribution in [0.3, 0.4) is 0 Å². The maximum atomic E-state index is 2.62. The highest BCUT2D eigenvalue weighted by atomic mass is 15.2. The van der Waals surface area contributed by atoms with Gasteiger partial charge in [0, 0.05) is 34.6 Å². The lowest BCUT2D eigenvalue weighted by atomic mass is 9.88. The van der Waals surface area contributed by atoms with Crippen LogP contribution in [0.2, 0.25) is 0 Å². The molecule has 6 aliphatic rings. The summed E-state index contributed by atoms with van der Waals surface area (Å²) in [6.45, 7) is 0. The van der Waals surface area contributed by atoms with Crippen molar-refractivity contribution < 1.29 is 0 Å². The van der Waals surface area contributed by atoms with E-state index in [1.54, 1.807) is 0 Å². The molecule has 2 nitrogen and oxygen atoms in total. The highest BCUT2D eigenvalue weighted by Gasteiger charge is 2.40. The lowest BCUT2D eigenvalue weighted by Gasteiger charge is -2.31. The van der Waals surface area contributed by atoms with Crippen LogP contribution < -0.4 is 9.80 Å². The van der Waals surface area contributed by atoms with Gasteiger partial charge < -0.3 is 9.80 Å². The van der Waals surface area contributed by atoms with E-state index < -0.39 is 0 Å². The van der Waals surface area contributed by atoms with Gasteiger partial charge in [-0.05, 0) is 124 Å². The Balaban J connectivity index is 1.02. The molecule has 0 spiro atoms. The second-order valence-electron chi connectivity index (χ2n) is 15.8. The highest BCUT2D eigenvalue weighted by Crippen LogP contribution is 2.47. The quantitative estimate of drug-likeness (QED) is 0.172. The molecule has 56 heavy (non-hydrogen) atoms. The minimum absolute atomic E-state index is 0.311. The third kappa shape index (κ3) is 5.63. The first-order valence-corrected chi connectivity index (χ1v) is 20.4. The van der Waals surface area contributed by atoms with Crippen molar-refractivity contribution in [1.82, 2.24) is 0 Å². The average Bonchev–Trinajstić information content (AvgIpc) is 3.80. The minimum atomic E-state index is 0.311. The first kappa shape index (κ1) is 33.0. The van der Waals surface area contributed by atoms with Gasteiger partial charge >= 0.3 is 0 Å². The van der Waals surface area contributed by atoms with Gasteiger partial charge in [0.25, 0.3) is 0 Å². The molecule has 11 rings (SSSR count). The van der Waals surface area contributed by atoms with E-state index in [0.29, 0.717) is 23.9 Å². The Labute approximate surface area is 330 Å². The summed E-state index contributed by atoms with van der Waals surface area (Å²) in [5.41, 5.74) is 18.3. The Bertz CT molecular complexity index is 2470. The smallest absolute Gasteiger partial charge is 0.0626 e. The van der Waals surface area contributed by atoms with E-state index in [1.165, 1.54) is 78.4 Å². The Morgan fingerprint density at radius 2 is 0.804 bits per heavy atom. The molecule has 4 atom stereocenters. The van der Waals surface area contributed by atoms with Crippen LogP contribution in [-0.2, 0) is 0 Å². The summed E-state index contributed by atoms with van der Waals surface area (Å²) in [6, 6.07) is 46.1. The number of nitrogens with zero attached hydrogens (tertiary/aromatic N) is 2. The Kier molecular flexibility index (Phi) is 8.09. The third-order valence-electron chi connectivity index (χ3n) is 12.6. The summed E-state index contributed by atoms with van der Waals surface area (Å²) in [5, 5.41) is 0. The standard InChI is InChI=1S/C54H44N2/c1-2-14-37(15-3-1)38-28-30-39(31-29-38)42-32-43(40-16-12-18-45(35-40)55-51-24-8-4-20-47(51)48-21-5-9-25-52(48)55)34-44(33-42)41-17-13-19-46(36-41)56-53-26-10-6-22-49(53)50-23-7-11-27-54(50)56/h1-8,10,12-24,26,28-36,47,49,51,53H,9,11,25,27H2. The molecule has 0 bridgehead atoms. The summed E-state index contributed by atoms with van der Waals surface area (Å²) in [5.74, 6) is 0.803. The van der Waals surface area contributed by atoms with E-state index in [0.717, 1.165) is 25.7 Å². The van der Waals surface area contributed by atoms with Gasteiger partial charge in [0.2, 0.25) is 0 Å². The van der Waals surface area contributed by atoms with Gasteiger partial charge in [0.15, 0.2) is 0 Å². The van der Waals surface area contributed by atoms with E-state index in [9.17, 15) is 0 Å². The SMILES string of the molecule is C1=CC2C3=C(CCC=C3)N(c3cccc(-c4cc(-c5ccc(-c6ccccc6)cc5)cc(-c5cccc(N6C7=C(C=CCC7)C7C=CC=CC76)c5)c4)c3)C2C=C1. The van der Waals surface area contributed by atoms with Crippen molar-refractivity contribution in [2.24, 2.45) is 11.8 Å². The van der Waals surface area contributed by atoms with E-state index in [1.807, 2.05) is 0 Å². The molecule has 0 saturated carbocycles. The average molecular weight is 721 g/mol. The molecule has 0 amide bonds. The Hall–Kier alpha value is -6.38. The number of hydrogen-bond acceptors (Lipinski definition) is 2. The van der Waals surface area contributed by atoms with Crippen molar-refractivity contribution in [2.75, 3.05) is 9.80 Å². The number of rotatable bonds is 6. The molecule has 2 aliphatic heterocycles. The molecule has 5 aromatic carbocycles. The second-order valence-corrected chi connectivity index (χ2v) is 15.8. The summed E-state index contributed by atoms with van der Waals surface area (Å²) in [6.07, 6.45) is 32.2. The van der Waals surface area contributed by atoms with Crippen LogP contribution in [-0.4, -0.2) is 12.1 Å². The van der Waals surface area contributed by atoms with Crippen molar-refractivity contribution >= 4 is 11.4 Å². The summed E-state index contributed by atoms with van der Waals surface area (Å²) in [4.78, 5) is 5.23. The summed E-state index contributed by atoms with van der Waals surface area (Å²) >= 11 is 0. The number of fused-ring (bicyclic) bond motifs is 4. The van der Waals surface area contributed by atoms with Gasteiger partial charge in [-0.25, -0.2) is 0 Å². The largest absolute Gasteiger partial charge is 0.337 e. The van der Waals surface area contributed by atoms with Crippen molar-refractivity contribution in [3.63, 3.8) is 0 Å². The molecule has 0 radical (unpaired) electrons. The molecule has 270 valence electrons. The molecule has 0 N–H and O–H groups in total. The second kappa shape index (κ2) is 13.7. The lowest BCUT2D eigenvalue weighted by Crippen LogP contribution is -2.32. The van der Waals surface area contributed by atoms with Gasteiger partial charge in [-0.1, -0.05) is 152 Å². The molecule has 4 unspecified atom stereocenters. The molecule has 0 saturated heterocycles. The van der Waals surface area contributed by atoms with Gasteiger partial charge in [0.05, 0.1) is 12.1 Å². The van der Waals surface area contributed by atoms with Crippen LogP contribution in [0, 0.1) is 11.8 Å². The number of hydrogen-bond donors (Lipinski definition) is 0. The van der Waals surface area contributed by atoms with Crippen LogP contribution in [0.5, 0.6) is 0 Å². The Morgan fingerprint density at radius 1 is 0.375 bits per heavy atom. The van der Waals surface area contributed by atoms with Crippen molar-refractivity contribution in [2.45, 2.75) is 37.8 Å². The molecule has 5 aromatic rings. The maximum absolute atomic E-state index is 2.62. The summed E-state index contributed by atoms with van der Waals surface area (Å²) < 4.78 is 0. The normalized spacial score (nSPS) is 22.8. The molecule has 2 heteroatoms. The van der Waals surface area contributed by atoms with Crippen molar-refractivity contribution in [3.05, 3.63) is 217 Å². The van der Waals surface area contributed by atoms with E-state index >= 15 is 0 Å². The molecule has 4 aliphatic carbocycles. The zero-order chi connectivity index (χ0) is 37.0. The zero-order valence-electron chi connectivity index (χ0n) is 31.5. The molecule has 2 heterocycles. The van der Waals surface area contributed by atoms with Crippen LogP contribution in [0.4, 0.5) is 11.4 Å². The predicted molar refractivity (Wildman–Crippen MR) is 235 cm³/mol. The van der Waals surface area contributed by atoms with Crippen LogP contribution in [0.25, 0.3) is 44.5 Å². The van der Waals surface area contributed by atoms with Crippen molar-refractivity contribution in [1.29, 1.82) is 0 Å². The highest BCUT2D eigenvalue weighted by molar-refractivity contribution is 5.84. The van der Waals surface area contributed by atoms with Gasteiger partial charge in [-0.15, -0.1) is 0 Å². The topological polar surface area (TPSA) is 6.48 Å². The van der Waals surface area contributed by atoms with Crippen LogP contribution in [0.1, 0.15) is 25.7 Å². The first-order valence-electron chi connectivity index (χ1n) is 20.4. The van der Waals surface area contributed by atoms with Crippen molar-refractivity contribution in [3.8, 4) is 44.5 Å². The summed E-state index contributed by atoms with van der Waals surface area (Å²) in [7, 11) is 0. The monoisotopic (exact) mass is 720 g/mol. The molecule has 0 aromatic heterocycles. The van der Waals surface area contributed by atoms with E-state index in [-0.39, 0.29) is 0 Å². The fraction of sp³-hybridized carbons (Fsp3) is 0.148. The molecular formula is C54H44N2. The first-order chi connectivity index (χ1) is 27.8. The fourth-order valence-corrected chi connectivity index (χ4v) is 10.0. The number of benzene rings is 5. The zero-order valence-corrected chi connectivity index (χ0v) is 31.5. The predicted octanol–water partition coefficient (Wildman–Crippen LogP) is 13.4. The Morgan fingerprint density at radius 3 is 1.32 bits per heavy atom. The third-order valence-corrected chi connectivity index (χ3v) is 12.6. The van der Waals surface area contributed by atoms with Gasteiger partial charge in [0.1, 0.15) is 0 Å². The van der Waals surface area contributed by atoms with E-state index in [2.05, 4.69) is 204 Å². The van der Waals surface area contributed by atoms with Crippen LogP contribution in [0.15, 0.2) is 217 Å². The number of anilines is 2. The van der Waals surface area contributed by atoms with Crippen LogP contribution >= 0.6 is 0 Å². The fourth-order valence-electron chi connectivity index (χ4n) is 10.0. The van der Waals surface area contributed by atoms with Gasteiger partial charge in [-0.3, -0.25) is 0 Å². The number of allylic oxidation sites excluding steroid dienone is 10.